The van der Waals surface area contributed by atoms with E-state index in [2.05, 4.69) is 27.7 Å². The molecule has 0 aromatic rings. The number of ether oxygens (including phenoxy) is 1. The van der Waals surface area contributed by atoms with Crippen LogP contribution in [0.1, 0.15) is 118 Å². The predicted molar refractivity (Wildman–Crippen MR) is 114 cm³/mol. The quantitative estimate of drug-likeness (QED) is 0.185. The molecular weight excluding hydrogens is 322 g/mol. The zero-order chi connectivity index (χ0) is 19.5. The monoisotopic (exact) mass is 370 g/mol. The Labute approximate surface area is 164 Å². The van der Waals surface area contributed by atoms with Crippen LogP contribution in [0.3, 0.4) is 0 Å². The van der Waals surface area contributed by atoms with Crippen molar-refractivity contribution in [2.75, 3.05) is 26.2 Å². The smallest absolute Gasteiger partial charge is 0.420 e. The largest absolute Gasteiger partial charge is 0.516 e. The summed E-state index contributed by atoms with van der Waals surface area (Å²) in [5.41, 5.74) is 0. The number of quaternary nitrogens is 1. The average molecular weight is 371 g/mol. The lowest BCUT2D eigenvalue weighted by molar-refractivity contribution is -0.852. The van der Waals surface area contributed by atoms with Gasteiger partial charge in [0.05, 0.1) is 26.2 Å². The van der Waals surface area contributed by atoms with Gasteiger partial charge in [-0.1, -0.05) is 90.4 Å². The van der Waals surface area contributed by atoms with Crippen LogP contribution < -0.4 is 0 Å². The van der Waals surface area contributed by atoms with Crippen molar-refractivity contribution in [3.8, 4) is 0 Å². The lowest BCUT2D eigenvalue weighted by Crippen LogP contribution is -2.52. The molecule has 0 saturated heterocycles. The molecule has 0 rings (SSSR count). The number of hydrogen-bond donors (Lipinski definition) is 0. The molecule has 0 radical (unpaired) electrons. The van der Waals surface area contributed by atoms with Gasteiger partial charge in [-0.05, 0) is 27.2 Å². The summed E-state index contributed by atoms with van der Waals surface area (Å²) in [4.78, 5) is 12.2. The summed E-state index contributed by atoms with van der Waals surface area (Å²) in [6.07, 6.45) is 18.9. The number of rotatable bonds is 18. The molecule has 3 nitrogen and oxygen atoms in total. The van der Waals surface area contributed by atoms with Gasteiger partial charge < -0.3 is 4.74 Å². The summed E-state index contributed by atoms with van der Waals surface area (Å²) < 4.78 is 5.98. The van der Waals surface area contributed by atoms with Crippen molar-refractivity contribution in [1.29, 1.82) is 0 Å². The van der Waals surface area contributed by atoms with E-state index in [1.807, 2.05) is 0 Å². The summed E-state index contributed by atoms with van der Waals surface area (Å²) in [7, 11) is 0. The SMILES string of the molecule is CCCCCCCCCCCCCCCCOC(=O)[N+](CC)(CC)CC. The highest BCUT2D eigenvalue weighted by Crippen LogP contribution is 2.14. The molecule has 0 heterocycles. The van der Waals surface area contributed by atoms with Crippen LogP contribution in [0.4, 0.5) is 4.79 Å². The molecule has 0 unspecified atom stereocenters. The maximum atomic E-state index is 12.2. The number of unbranched alkanes of at least 4 members (excludes halogenated alkanes) is 13. The van der Waals surface area contributed by atoms with Gasteiger partial charge in [0.2, 0.25) is 0 Å². The molecule has 0 bridgehead atoms. The highest BCUT2D eigenvalue weighted by Gasteiger charge is 2.33. The Morgan fingerprint density at radius 3 is 1.27 bits per heavy atom. The lowest BCUT2D eigenvalue weighted by atomic mass is 10.0. The maximum Gasteiger partial charge on any atom is 0.516 e. The zero-order valence-electron chi connectivity index (χ0n) is 18.5. The first-order chi connectivity index (χ1) is 12.7. The average Bonchev–Trinajstić information content (AvgIpc) is 2.66. The third kappa shape index (κ3) is 11.9. The Balaban J connectivity index is 3.37. The van der Waals surface area contributed by atoms with Gasteiger partial charge in [-0.3, -0.25) is 0 Å². The van der Waals surface area contributed by atoms with Crippen molar-refractivity contribution < 1.29 is 14.0 Å². The minimum absolute atomic E-state index is 0.0350. The second-order valence-electron chi connectivity index (χ2n) is 7.80. The van der Waals surface area contributed by atoms with Crippen molar-refractivity contribution >= 4 is 6.09 Å². The molecule has 0 aromatic carbocycles. The van der Waals surface area contributed by atoms with Crippen LogP contribution in [0.25, 0.3) is 0 Å². The van der Waals surface area contributed by atoms with E-state index in [-0.39, 0.29) is 6.09 Å². The van der Waals surface area contributed by atoms with Gasteiger partial charge >= 0.3 is 6.09 Å². The summed E-state index contributed by atoms with van der Waals surface area (Å²) >= 11 is 0. The summed E-state index contributed by atoms with van der Waals surface area (Å²) in [5, 5.41) is 0. The second kappa shape index (κ2) is 17.8. The lowest BCUT2D eigenvalue weighted by Gasteiger charge is -2.30. The maximum absolute atomic E-state index is 12.2. The molecule has 0 aliphatic heterocycles. The minimum atomic E-state index is -0.0350. The molecule has 3 heteroatoms. The molecule has 0 aliphatic carbocycles. The molecule has 0 N–H and O–H groups in total. The Hall–Kier alpha value is -0.570. The first-order valence-electron chi connectivity index (χ1n) is 11.7. The van der Waals surface area contributed by atoms with Gasteiger partial charge in [-0.25, -0.2) is 4.48 Å². The van der Waals surface area contributed by atoms with Crippen LogP contribution in [-0.2, 0) is 4.74 Å². The fourth-order valence-electron chi connectivity index (χ4n) is 3.65. The van der Waals surface area contributed by atoms with E-state index >= 15 is 0 Å². The fraction of sp³-hybridized carbons (Fsp3) is 0.957. The summed E-state index contributed by atoms with van der Waals surface area (Å²) in [5.74, 6) is 0. The van der Waals surface area contributed by atoms with Gasteiger partial charge in [0.25, 0.3) is 0 Å². The fourth-order valence-corrected chi connectivity index (χ4v) is 3.65. The predicted octanol–water partition coefficient (Wildman–Crippen LogP) is 7.48. The van der Waals surface area contributed by atoms with Crippen LogP contribution >= 0.6 is 0 Å². The van der Waals surface area contributed by atoms with Gasteiger partial charge in [-0.2, -0.15) is 4.79 Å². The van der Waals surface area contributed by atoms with Gasteiger partial charge in [0.15, 0.2) is 0 Å². The number of hydrogen-bond acceptors (Lipinski definition) is 2. The molecule has 156 valence electrons. The van der Waals surface area contributed by atoms with E-state index in [1.165, 1.54) is 83.5 Å². The normalized spacial score (nSPS) is 11.7. The molecular formula is C23H48NO2+. The van der Waals surface area contributed by atoms with E-state index in [9.17, 15) is 4.79 Å². The topological polar surface area (TPSA) is 26.3 Å². The van der Waals surface area contributed by atoms with E-state index in [4.69, 9.17) is 4.74 Å². The molecule has 0 aliphatic rings. The van der Waals surface area contributed by atoms with Crippen molar-refractivity contribution in [2.45, 2.75) is 118 Å². The highest BCUT2D eigenvalue weighted by molar-refractivity contribution is 5.59. The van der Waals surface area contributed by atoms with E-state index in [0.29, 0.717) is 11.1 Å². The summed E-state index contributed by atoms with van der Waals surface area (Å²) in [6, 6.07) is 0. The standard InChI is InChI=1S/C23H48NO2/c1-5-9-10-11-12-13-14-15-16-17-18-19-20-21-22-26-23(25)24(6-2,7-3)8-4/h5-22H2,1-4H3/q+1. The Morgan fingerprint density at radius 2 is 0.923 bits per heavy atom. The van der Waals surface area contributed by atoms with Gasteiger partial charge in [0.1, 0.15) is 0 Å². The highest BCUT2D eigenvalue weighted by atomic mass is 16.6. The van der Waals surface area contributed by atoms with Crippen LogP contribution in [0.2, 0.25) is 0 Å². The third-order valence-electron chi connectivity index (χ3n) is 5.93. The molecule has 0 atom stereocenters. The van der Waals surface area contributed by atoms with Crippen molar-refractivity contribution in [3.63, 3.8) is 0 Å². The van der Waals surface area contributed by atoms with Crippen molar-refractivity contribution in [3.05, 3.63) is 0 Å². The van der Waals surface area contributed by atoms with Crippen LogP contribution in [0.5, 0.6) is 0 Å². The second-order valence-corrected chi connectivity index (χ2v) is 7.80. The number of carbonyl (C=O) groups excluding carboxylic acids is 1. The molecule has 0 saturated carbocycles. The minimum Gasteiger partial charge on any atom is -0.420 e. The van der Waals surface area contributed by atoms with E-state index in [1.54, 1.807) is 0 Å². The third-order valence-corrected chi connectivity index (χ3v) is 5.93. The first-order valence-corrected chi connectivity index (χ1v) is 11.7. The van der Waals surface area contributed by atoms with Gasteiger partial charge in [0, 0.05) is 0 Å². The molecule has 0 fully saturated rings. The van der Waals surface area contributed by atoms with Crippen molar-refractivity contribution in [2.24, 2.45) is 0 Å². The first kappa shape index (κ1) is 25.4. The molecule has 0 spiro atoms. The molecule has 1 amide bonds. The molecule has 26 heavy (non-hydrogen) atoms. The Kier molecular flexibility index (Phi) is 17.4. The van der Waals surface area contributed by atoms with Gasteiger partial charge in [-0.15, -0.1) is 0 Å². The van der Waals surface area contributed by atoms with Crippen molar-refractivity contribution in [1.82, 2.24) is 0 Å². The number of amides is 1. The van der Waals surface area contributed by atoms with E-state index < -0.39 is 0 Å². The van der Waals surface area contributed by atoms with Crippen LogP contribution in [0, 0.1) is 0 Å². The summed E-state index contributed by atoms with van der Waals surface area (Å²) in [6.45, 7) is 11.6. The Bertz CT molecular complexity index is 305. The Morgan fingerprint density at radius 1 is 0.577 bits per heavy atom. The zero-order valence-corrected chi connectivity index (χ0v) is 18.5. The molecule has 0 aromatic heterocycles. The number of carbonyl (C=O) groups is 1. The number of nitrogens with zero attached hydrogens (tertiary/aromatic N) is 1. The van der Waals surface area contributed by atoms with Crippen LogP contribution in [-0.4, -0.2) is 36.8 Å². The van der Waals surface area contributed by atoms with E-state index in [0.717, 1.165) is 26.1 Å². The van der Waals surface area contributed by atoms with Crippen LogP contribution in [0.15, 0.2) is 0 Å².